The lowest BCUT2D eigenvalue weighted by Crippen LogP contribution is -2.37. The Hall–Kier alpha value is -1.92. The molecule has 1 amide bonds. The predicted molar refractivity (Wildman–Crippen MR) is 103 cm³/mol. The van der Waals surface area contributed by atoms with Gasteiger partial charge >= 0.3 is 0 Å². The number of ether oxygens (including phenoxy) is 1. The van der Waals surface area contributed by atoms with Gasteiger partial charge in [0.05, 0.1) is 18.7 Å². The highest BCUT2D eigenvalue weighted by molar-refractivity contribution is 9.10. The Morgan fingerprint density at radius 3 is 2.58 bits per heavy atom. The van der Waals surface area contributed by atoms with Gasteiger partial charge in [-0.15, -0.1) is 0 Å². The zero-order chi connectivity index (χ0) is 18.5. The lowest BCUT2D eigenvalue weighted by atomic mass is 10.0. The molecular weight excluding hydrogens is 399 g/mol. The van der Waals surface area contributed by atoms with E-state index < -0.39 is 11.7 Å². The van der Waals surface area contributed by atoms with Gasteiger partial charge in [-0.3, -0.25) is 9.69 Å². The molecule has 2 aromatic carbocycles. The number of carbonyl (C=O) groups is 1. The molecule has 0 aliphatic carbocycles. The molecule has 1 saturated heterocycles. The molecule has 1 aliphatic rings. The van der Waals surface area contributed by atoms with E-state index in [0.717, 1.165) is 37.2 Å². The van der Waals surface area contributed by atoms with Crippen LogP contribution < -0.4 is 10.1 Å². The molecule has 0 radical (unpaired) electrons. The smallest absolute Gasteiger partial charge is 0.254 e. The second-order valence-corrected chi connectivity index (χ2v) is 7.28. The Labute approximate surface area is 161 Å². The van der Waals surface area contributed by atoms with Gasteiger partial charge in [-0.1, -0.05) is 28.1 Å². The van der Waals surface area contributed by atoms with Crippen molar-refractivity contribution in [2.24, 2.45) is 0 Å². The molecule has 1 atom stereocenters. The van der Waals surface area contributed by atoms with Crippen LogP contribution in [-0.2, 0) is 0 Å². The van der Waals surface area contributed by atoms with Crippen LogP contribution in [-0.4, -0.2) is 37.6 Å². The minimum Gasteiger partial charge on any atom is -0.497 e. The summed E-state index contributed by atoms with van der Waals surface area (Å²) in [6.45, 7) is 2.42. The predicted octanol–water partition coefficient (Wildman–Crippen LogP) is 4.16. The van der Waals surface area contributed by atoms with Crippen LogP contribution in [0.4, 0.5) is 4.39 Å². The van der Waals surface area contributed by atoms with Crippen molar-refractivity contribution < 1.29 is 13.9 Å². The standard InChI is InChI=1S/C20H22BrFN2O2/c1-26-16-7-4-14(5-8-16)19(24-10-2-3-11-24)13-23-20(25)17-12-15(21)6-9-18(17)22/h4-9,12,19H,2-3,10-11,13H2,1H3,(H,23,25). The number of carbonyl (C=O) groups excluding carboxylic acids is 1. The van der Waals surface area contributed by atoms with Crippen LogP contribution in [0.2, 0.25) is 0 Å². The van der Waals surface area contributed by atoms with Crippen LogP contribution in [0.25, 0.3) is 0 Å². The summed E-state index contributed by atoms with van der Waals surface area (Å²) in [6.07, 6.45) is 2.31. The molecule has 0 aromatic heterocycles. The fourth-order valence-corrected chi connectivity index (χ4v) is 3.65. The number of amides is 1. The molecule has 6 heteroatoms. The Bertz CT molecular complexity index is 761. The maximum absolute atomic E-state index is 13.9. The monoisotopic (exact) mass is 420 g/mol. The third kappa shape index (κ3) is 4.43. The third-order valence-electron chi connectivity index (χ3n) is 4.71. The number of nitrogens with one attached hydrogen (secondary N) is 1. The van der Waals surface area contributed by atoms with E-state index in [-0.39, 0.29) is 11.6 Å². The average Bonchev–Trinajstić information content (AvgIpc) is 3.18. The maximum Gasteiger partial charge on any atom is 0.254 e. The van der Waals surface area contributed by atoms with Gasteiger partial charge in [0.25, 0.3) is 5.91 Å². The lowest BCUT2D eigenvalue weighted by molar-refractivity contribution is 0.0934. The largest absolute Gasteiger partial charge is 0.497 e. The first kappa shape index (κ1) is 18.9. The molecule has 4 nitrogen and oxygen atoms in total. The van der Waals surface area contributed by atoms with Crippen LogP contribution in [0, 0.1) is 5.82 Å². The van der Waals surface area contributed by atoms with E-state index in [1.54, 1.807) is 13.2 Å². The summed E-state index contributed by atoms with van der Waals surface area (Å²) >= 11 is 3.28. The van der Waals surface area contributed by atoms with Crippen LogP contribution in [0.15, 0.2) is 46.9 Å². The van der Waals surface area contributed by atoms with Gasteiger partial charge in [-0.05, 0) is 61.8 Å². The molecule has 1 aliphatic heterocycles. The van der Waals surface area contributed by atoms with Crippen molar-refractivity contribution in [3.63, 3.8) is 0 Å². The normalized spacial score (nSPS) is 15.7. The quantitative estimate of drug-likeness (QED) is 0.762. The summed E-state index contributed by atoms with van der Waals surface area (Å²) in [4.78, 5) is 14.8. The topological polar surface area (TPSA) is 41.6 Å². The fraction of sp³-hybridized carbons (Fsp3) is 0.350. The fourth-order valence-electron chi connectivity index (χ4n) is 3.29. The van der Waals surface area contributed by atoms with Gasteiger partial charge in [0, 0.05) is 11.0 Å². The molecule has 138 valence electrons. The van der Waals surface area contributed by atoms with Crippen LogP contribution in [0.3, 0.4) is 0 Å². The van der Waals surface area contributed by atoms with Crippen LogP contribution in [0.1, 0.15) is 34.8 Å². The van der Waals surface area contributed by atoms with E-state index >= 15 is 0 Å². The van der Waals surface area contributed by atoms with Crippen molar-refractivity contribution in [1.29, 1.82) is 0 Å². The zero-order valence-corrected chi connectivity index (χ0v) is 16.3. The average molecular weight is 421 g/mol. The van der Waals surface area contributed by atoms with Gasteiger partial charge in [0.2, 0.25) is 0 Å². The van der Waals surface area contributed by atoms with E-state index in [4.69, 9.17) is 4.74 Å². The molecule has 26 heavy (non-hydrogen) atoms. The number of methoxy groups -OCH3 is 1. The van der Waals surface area contributed by atoms with E-state index in [1.807, 2.05) is 24.3 Å². The highest BCUT2D eigenvalue weighted by Crippen LogP contribution is 2.26. The van der Waals surface area contributed by atoms with Crippen molar-refractivity contribution in [3.05, 3.63) is 63.9 Å². The number of rotatable bonds is 6. The molecular formula is C20H22BrFN2O2. The zero-order valence-electron chi connectivity index (χ0n) is 14.7. The summed E-state index contributed by atoms with van der Waals surface area (Å²) in [5, 5.41) is 2.90. The summed E-state index contributed by atoms with van der Waals surface area (Å²) in [7, 11) is 1.64. The first-order valence-corrected chi connectivity index (χ1v) is 9.49. The molecule has 1 unspecified atom stereocenters. The summed E-state index contributed by atoms with van der Waals surface area (Å²) in [5.41, 5.74) is 1.16. The minimum absolute atomic E-state index is 0.0503. The minimum atomic E-state index is -0.520. The second-order valence-electron chi connectivity index (χ2n) is 6.37. The number of likely N-dealkylation sites (tertiary alicyclic amines) is 1. The van der Waals surface area contributed by atoms with Crippen molar-refractivity contribution in [3.8, 4) is 5.75 Å². The number of benzene rings is 2. The number of hydrogen-bond donors (Lipinski definition) is 1. The van der Waals surface area contributed by atoms with Gasteiger partial charge in [-0.2, -0.15) is 0 Å². The molecule has 0 bridgehead atoms. The van der Waals surface area contributed by atoms with E-state index in [0.29, 0.717) is 11.0 Å². The molecule has 0 saturated carbocycles. The van der Waals surface area contributed by atoms with Gasteiger partial charge in [-0.25, -0.2) is 4.39 Å². The second kappa shape index (κ2) is 8.64. The molecule has 3 rings (SSSR count). The lowest BCUT2D eigenvalue weighted by Gasteiger charge is -2.28. The highest BCUT2D eigenvalue weighted by Gasteiger charge is 2.24. The van der Waals surface area contributed by atoms with Gasteiger partial charge < -0.3 is 10.1 Å². The Morgan fingerprint density at radius 1 is 1.23 bits per heavy atom. The van der Waals surface area contributed by atoms with E-state index in [2.05, 4.69) is 26.1 Å². The molecule has 0 spiro atoms. The van der Waals surface area contributed by atoms with Crippen LogP contribution in [0.5, 0.6) is 5.75 Å². The highest BCUT2D eigenvalue weighted by atomic mass is 79.9. The van der Waals surface area contributed by atoms with Crippen molar-refractivity contribution in [2.45, 2.75) is 18.9 Å². The number of nitrogens with zero attached hydrogens (tertiary/aromatic N) is 1. The Kier molecular flexibility index (Phi) is 6.27. The van der Waals surface area contributed by atoms with Crippen molar-refractivity contribution in [2.75, 3.05) is 26.7 Å². The first-order chi connectivity index (χ1) is 12.6. The Morgan fingerprint density at radius 2 is 1.92 bits per heavy atom. The van der Waals surface area contributed by atoms with Crippen LogP contribution >= 0.6 is 15.9 Å². The summed E-state index contributed by atoms with van der Waals surface area (Å²) < 4.78 is 19.8. The van der Waals surface area contributed by atoms with Crippen molar-refractivity contribution >= 4 is 21.8 Å². The molecule has 1 N–H and O–H groups in total. The summed E-state index contributed by atoms with van der Waals surface area (Å²) in [5.74, 6) is -0.122. The molecule has 2 aromatic rings. The van der Waals surface area contributed by atoms with E-state index in [9.17, 15) is 9.18 Å². The number of halogens is 2. The molecule has 1 fully saturated rings. The first-order valence-electron chi connectivity index (χ1n) is 8.69. The summed E-state index contributed by atoms with van der Waals surface area (Å²) in [6, 6.07) is 12.3. The third-order valence-corrected chi connectivity index (χ3v) is 5.20. The van der Waals surface area contributed by atoms with Gasteiger partial charge in [0.1, 0.15) is 11.6 Å². The van der Waals surface area contributed by atoms with Crippen molar-refractivity contribution in [1.82, 2.24) is 10.2 Å². The molecule has 1 heterocycles. The SMILES string of the molecule is COc1ccc(C(CNC(=O)c2cc(Br)ccc2F)N2CCCC2)cc1. The number of hydrogen-bond acceptors (Lipinski definition) is 3. The maximum atomic E-state index is 13.9. The van der Waals surface area contributed by atoms with Gasteiger partial charge in [0.15, 0.2) is 0 Å². The van der Waals surface area contributed by atoms with E-state index in [1.165, 1.54) is 12.1 Å². The Balaban J connectivity index is 1.75.